The van der Waals surface area contributed by atoms with Crippen LogP contribution in [0.25, 0.3) is 22.5 Å². The highest BCUT2D eigenvalue weighted by Gasteiger charge is 2.25. The lowest BCUT2D eigenvalue weighted by molar-refractivity contribution is -0.152. The van der Waals surface area contributed by atoms with Gasteiger partial charge in [0.2, 0.25) is 16.9 Å². The van der Waals surface area contributed by atoms with Crippen LogP contribution in [0.4, 0.5) is 0 Å². The summed E-state index contributed by atoms with van der Waals surface area (Å²) in [6, 6.07) is 17.9. The smallest absolute Gasteiger partial charge is 0.347 e. The molecule has 6 nitrogen and oxygen atoms in total. The van der Waals surface area contributed by atoms with Crippen molar-refractivity contribution in [3.63, 3.8) is 0 Å². The second kappa shape index (κ2) is 8.29. The normalized spacial score (nSPS) is 11.9. The van der Waals surface area contributed by atoms with Gasteiger partial charge in [-0.15, -0.1) is 0 Å². The van der Waals surface area contributed by atoms with E-state index in [9.17, 15) is 9.59 Å². The van der Waals surface area contributed by atoms with E-state index in [1.54, 1.807) is 24.3 Å². The molecule has 2 heterocycles. The van der Waals surface area contributed by atoms with Crippen LogP contribution < -0.4 is 10.2 Å². The van der Waals surface area contributed by atoms with Crippen LogP contribution in [0.5, 0.6) is 5.75 Å². The molecule has 0 radical (unpaired) electrons. The molecule has 0 bridgehead atoms. The van der Waals surface area contributed by atoms with Gasteiger partial charge in [0.25, 0.3) is 0 Å². The third kappa shape index (κ3) is 3.98. The van der Waals surface area contributed by atoms with Gasteiger partial charge in [-0.1, -0.05) is 42.0 Å². The van der Waals surface area contributed by atoms with Gasteiger partial charge in [0.1, 0.15) is 12.2 Å². The van der Waals surface area contributed by atoms with Gasteiger partial charge in [0.15, 0.2) is 11.9 Å². The van der Waals surface area contributed by atoms with E-state index in [-0.39, 0.29) is 23.5 Å². The maximum Gasteiger partial charge on any atom is 0.347 e. The maximum absolute atomic E-state index is 13.2. The van der Waals surface area contributed by atoms with Crippen molar-refractivity contribution in [2.45, 2.75) is 26.6 Å². The number of rotatable bonds is 6. The number of esters is 1. The van der Waals surface area contributed by atoms with Crippen molar-refractivity contribution in [1.29, 1.82) is 0 Å². The molecule has 2 aromatic carbocycles. The molecular weight excluding hydrogens is 384 g/mol. The Balaban J connectivity index is 1.65. The first-order valence-electron chi connectivity index (χ1n) is 9.51. The fraction of sp³-hybridized carbons (Fsp3) is 0.167. The van der Waals surface area contributed by atoms with Crippen LogP contribution in [0.15, 0.2) is 80.6 Å². The number of aryl methyl sites for hydroxylation is 1. The molecule has 0 aliphatic rings. The molecule has 0 saturated carbocycles. The Morgan fingerprint density at radius 1 is 1.07 bits per heavy atom. The van der Waals surface area contributed by atoms with Crippen molar-refractivity contribution >= 4 is 16.9 Å². The Bertz CT molecular complexity index is 1220. The van der Waals surface area contributed by atoms with E-state index in [1.807, 2.05) is 43.3 Å². The molecule has 30 heavy (non-hydrogen) atoms. The minimum atomic E-state index is -1.02. The summed E-state index contributed by atoms with van der Waals surface area (Å²) in [5.41, 5.74) is 1.79. The fourth-order valence-corrected chi connectivity index (χ4v) is 3.04. The van der Waals surface area contributed by atoms with Crippen LogP contribution in [-0.2, 0) is 16.1 Å². The standard InChI is InChI=1S/C24H20O6/c1-15-10-11-19-18(13-15)21(25)23(22(30-19)20-9-6-12-27-20)29-16(2)24(26)28-14-17-7-4-3-5-8-17/h3-13,16H,14H2,1-2H3/t16-/m1/s1. The van der Waals surface area contributed by atoms with Crippen LogP contribution in [0, 0.1) is 6.92 Å². The Kier molecular flexibility index (Phi) is 5.39. The maximum atomic E-state index is 13.2. The quantitative estimate of drug-likeness (QED) is 0.427. The molecule has 0 aliphatic heterocycles. The van der Waals surface area contributed by atoms with Gasteiger partial charge in [-0.2, -0.15) is 0 Å². The summed E-state index contributed by atoms with van der Waals surface area (Å²) >= 11 is 0. The van der Waals surface area contributed by atoms with E-state index in [2.05, 4.69) is 0 Å². The van der Waals surface area contributed by atoms with Crippen molar-refractivity contribution in [2.75, 3.05) is 0 Å². The lowest BCUT2D eigenvalue weighted by atomic mass is 10.1. The summed E-state index contributed by atoms with van der Waals surface area (Å²) in [4.78, 5) is 25.6. The van der Waals surface area contributed by atoms with Gasteiger partial charge >= 0.3 is 5.97 Å². The van der Waals surface area contributed by atoms with E-state index in [0.29, 0.717) is 16.7 Å². The summed E-state index contributed by atoms with van der Waals surface area (Å²) in [6.45, 7) is 3.52. The van der Waals surface area contributed by atoms with Crippen molar-refractivity contribution in [3.8, 4) is 17.3 Å². The number of hydrogen-bond acceptors (Lipinski definition) is 6. The Morgan fingerprint density at radius 3 is 2.60 bits per heavy atom. The first-order chi connectivity index (χ1) is 14.5. The van der Waals surface area contributed by atoms with Crippen molar-refractivity contribution in [1.82, 2.24) is 0 Å². The molecule has 4 rings (SSSR count). The van der Waals surface area contributed by atoms with E-state index < -0.39 is 12.1 Å². The van der Waals surface area contributed by atoms with Gasteiger partial charge < -0.3 is 18.3 Å². The topological polar surface area (TPSA) is 78.9 Å². The largest absolute Gasteiger partial charge is 0.471 e. The van der Waals surface area contributed by atoms with Gasteiger partial charge in [-0.25, -0.2) is 4.79 Å². The number of carbonyl (C=O) groups is 1. The molecule has 0 saturated heterocycles. The zero-order chi connectivity index (χ0) is 21.1. The first kappa shape index (κ1) is 19.5. The fourth-order valence-electron chi connectivity index (χ4n) is 3.04. The number of hydrogen-bond donors (Lipinski definition) is 0. The zero-order valence-electron chi connectivity index (χ0n) is 16.6. The van der Waals surface area contributed by atoms with Crippen molar-refractivity contribution < 1.29 is 23.1 Å². The van der Waals surface area contributed by atoms with Gasteiger partial charge in [-0.3, -0.25) is 4.79 Å². The van der Waals surface area contributed by atoms with Crippen LogP contribution in [0.2, 0.25) is 0 Å². The van der Waals surface area contributed by atoms with E-state index in [0.717, 1.165) is 11.1 Å². The van der Waals surface area contributed by atoms with Crippen molar-refractivity contribution in [3.05, 3.63) is 88.3 Å². The lowest BCUT2D eigenvalue weighted by Gasteiger charge is -2.15. The molecule has 0 fully saturated rings. The van der Waals surface area contributed by atoms with Gasteiger partial charge in [0, 0.05) is 0 Å². The summed E-state index contributed by atoms with van der Waals surface area (Å²) < 4.78 is 22.4. The molecule has 0 N–H and O–H groups in total. The second-order valence-corrected chi connectivity index (χ2v) is 6.92. The van der Waals surface area contributed by atoms with Gasteiger partial charge in [-0.05, 0) is 43.7 Å². The summed E-state index contributed by atoms with van der Waals surface area (Å²) in [7, 11) is 0. The third-order valence-corrected chi connectivity index (χ3v) is 4.60. The Morgan fingerprint density at radius 2 is 1.87 bits per heavy atom. The van der Waals surface area contributed by atoms with Crippen LogP contribution >= 0.6 is 0 Å². The minimum Gasteiger partial charge on any atom is -0.471 e. The summed E-state index contributed by atoms with van der Waals surface area (Å²) in [5.74, 6) is -0.223. The highest BCUT2D eigenvalue weighted by Crippen LogP contribution is 2.32. The molecular formula is C24H20O6. The molecule has 1 atom stereocenters. The van der Waals surface area contributed by atoms with Crippen molar-refractivity contribution in [2.24, 2.45) is 0 Å². The molecule has 0 spiro atoms. The molecule has 6 heteroatoms. The Labute approximate surface area is 172 Å². The van der Waals surface area contributed by atoms with Crippen LogP contribution in [0.1, 0.15) is 18.1 Å². The lowest BCUT2D eigenvalue weighted by Crippen LogP contribution is -2.28. The minimum absolute atomic E-state index is 0.0905. The second-order valence-electron chi connectivity index (χ2n) is 6.92. The molecule has 0 aliphatic carbocycles. The molecule has 0 amide bonds. The third-order valence-electron chi connectivity index (χ3n) is 4.60. The number of carbonyl (C=O) groups excluding carboxylic acids is 1. The average Bonchev–Trinajstić information content (AvgIpc) is 3.29. The number of fused-ring (bicyclic) bond motifs is 1. The van der Waals surface area contributed by atoms with Crippen LogP contribution in [0.3, 0.4) is 0 Å². The molecule has 152 valence electrons. The molecule has 0 unspecified atom stereocenters. The molecule has 4 aromatic rings. The highest BCUT2D eigenvalue weighted by molar-refractivity contribution is 5.82. The van der Waals surface area contributed by atoms with Gasteiger partial charge in [0.05, 0.1) is 11.6 Å². The average molecular weight is 404 g/mol. The highest BCUT2D eigenvalue weighted by atomic mass is 16.6. The predicted octanol–water partition coefficient (Wildman–Crippen LogP) is 4.87. The number of benzene rings is 2. The number of furan rings is 1. The van der Waals surface area contributed by atoms with E-state index >= 15 is 0 Å². The molecule has 2 aromatic heterocycles. The number of ether oxygens (including phenoxy) is 2. The Hall–Kier alpha value is -3.80. The monoisotopic (exact) mass is 404 g/mol. The first-order valence-corrected chi connectivity index (χ1v) is 9.51. The summed E-state index contributed by atoms with van der Waals surface area (Å²) in [5, 5.41) is 0.366. The summed E-state index contributed by atoms with van der Waals surface area (Å²) in [6.07, 6.45) is 0.447. The zero-order valence-corrected chi connectivity index (χ0v) is 16.6. The van der Waals surface area contributed by atoms with E-state index in [1.165, 1.54) is 13.2 Å². The van der Waals surface area contributed by atoms with E-state index in [4.69, 9.17) is 18.3 Å². The van der Waals surface area contributed by atoms with Crippen LogP contribution in [-0.4, -0.2) is 12.1 Å². The predicted molar refractivity (Wildman–Crippen MR) is 111 cm³/mol. The SMILES string of the molecule is Cc1ccc2oc(-c3ccco3)c(O[C@H](C)C(=O)OCc3ccccc3)c(=O)c2c1.